The average Bonchev–Trinajstić information content (AvgIpc) is 3.19. The summed E-state index contributed by atoms with van der Waals surface area (Å²) in [7, 11) is -4.17. The van der Waals surface area contributed by atoms with E-state index in [0.717, 1.165) is 15.7 Å². The molecule has 3 N–H and O–H groups in total. The smallest absolute Gasteiger partial charge is 0.406 e. The van der Waals surface area contributed by atoms with Crippen LogP contribution in [0, 0.1) is 12.7 Å². The Kier molecular flexibility index (Phi) is 9.57. The summed E-state index contributed by atoms with van der Waals surface area (Å²) in [5.41, 5.74) is -0.473. The molecule has 0 saturated carbocycles. The van der Waals surface area contributed by atoms with Crippen LogP contribution < -0.4 is 16.3 Å². The van der Waals surface area contributed by atoms with E-state index in [9.17, 15) is 28.4 Å². The SMILES string of the molecule is Cc1ccccc1COP(=O)(NC(C)C(=O)OC(C)C)OCC1OC(n2cc(F)c(=O)[nH]c2=O)CC1O. The van der Waals surface area contributed by atoms with Gasteiger partial charge in [0.05, 0.1) is 31.6 Å². The lowest BCUT2D eigenvalue weighted by atomic mass is 10.1. The van der Waals surface area contributed by atoms with Crippen LogP contribution in [0.5, 0.6) is 0 Å². The molecule has 3 rings (SSSR count). The van der Waals surface area contributed by atoms with Gasteiger partial charge in [0.1, 0.15) is 18.4 Å². The third kappa shape index (κ3) is 7.67. The lowest BCUT2D eigenvalue weighted by Gasteiger charge is -2.25. The van der Waals surface area contributed by atoms with Crippen molar-refractivity contribution in [2.24, 2.45) is 0 Å². The summed E-state index contributed by atoms with van der Waals surface area (Å²) in [5, 5.41) is 13.0. The van der Waals surface area contributed by atoms with E-state index in [4.69, 9.17) is 18.5 Å². The van der Waals surface area contributed by atoms with Crippen molar-refractivity contribution in [2.45, 2.75) is 71.3 Å². The van der Waals surface area contributed by atoms with E-state index in [0.29, 0.717) is 6.20 Å². The largest absolute Gasteiger partial charge is 0.462 e. The predicted octanol–water partition coefficient (Wildman–Crippen LogP) is 1.90. The zero-order valence-electron chi connectivity index (χ0n) is 20.9. The number of rotatable bonds is 11. The van der Waals surface area contributed by atoms with Crippen LogP contribution in [0.4, 0.5) is 4.39 Å². The highest BCUT2D eigenvalue weighted by Gasteiger charge is 2.39. The Bertz CT molecular complexity index is 1260. The Morgan fingerprint density at radius 2 is 2.00 bits per heavy atom. The van der Waals surface area contributed by atoms with Gasteiger partial charge in [-0.2, -0.15) is 4.39 Å². The molecule has 0 radical (unpaired) electrons. The van der Waals surface area contributed by atoms with Crippen molar-refractivity contribution >= 4 is 13.7 Å². The first-order chi connectivity index (χ1) is 17.4. The van der Waals surface area contributed by atoms with Gasteiger partial charge in [-0.3, -0.25) is 28.2 Å². The van der Waals surface area contributed by atoms with Gasteiger partial charge in [0.15, 0.2) is 0 Å². The number of aliphatic hydroxyl groups excluding tert-OH is 1. The first-order valence-corrected chi connectivity index (χ1v) is 13.2. The van der Waals surface area contributed by atoms with Crippen LogP contribution >= 0.6 is 7.75 Å². The number of hydrogen-bond acceptors (Lipinski definition) is 9. The van der Waals surface area contributed by atoms with Crippen molar-refractivity contribution < 1.29 is 37.4 Å². The van der Waals surface area contributed by atoms with Gasteiger partial charge in [-0.25, -0.2) is 14.4 Å². The normalized spacial score (nSPS) is 22.1. The molecular formula is C23H31FN3O9P. The zero-order chi connectivity index (χ0) is 27.3. The summed E-state index contributed by atoms with van der Waals surface area (Å²) in [6, 6.07) is 6.20. The molecule has 2 aromatic rings. The Hall–Kier alpha value is -2.67. The van der Waals surface area contributed by atoms with E-state index in [-0.39, 0.29) is 13.0 Å². The third-order valence-corrected chi connectivity index (χ3v) is 7.22. The summed E-state index contributed by atoms with van der Waals surface area (Å²) in [5.74, 6) is -1.87. The predicted molar refractivity (Wildman–Crippen MR) is 129 cm³/mol. The van der Waals surface area contributed by atoms with E-state index in [1.165, 1.54) is 6.92 Å². The number of nitrogens with zero attached hydrogens (tertiary/aromatic N) is 1. The van der Waals surface area contributed by atoms with Crippen LogP contribution in [0.25, 0.3) is 0 Å². The Labute approximate surface area is 212 Å². The highest BCUT2D eigenvalue weighted by atomic mass is 31.2. The Balaban J connectivity index is 1.73. The van der Waals surface area contributed by atoms with Crippen molar-refractivity contribution in [3.05, 3.63) is 68.2 Å². The van der Waals surface area contributed by atoms with E-state index in [1.807, 2.05) is 24.0 Å². The standard InChI is InChI=1S/C23H31FN3O9P/c1-13(2)35-22(30)15(4)26-37(32,33-11-16-8-6-5-7-14(16)3)34-12-19-18(28)9-20(36-19)27-10-17(24)21(29)25-23(27)31/h5-8,10,13,15,18-20,28H,9,11-12H2,1-4H3,(H,26,32)(H,25,29,31). The third-order valence-electron chi connectivity index (χ3n) is 5.56. The van der Waals surface area contributed by atoms with Crippen molar-refractivity contribution in [2.75, 3.05) is 6.61 Å². The van der Waals surface area contributed by atoms with Gasteiger partial charge in [0, 0.05) is 6.42 Å². The number of aliphatic hydroxyl groups is 1. The molecule has 5 atom stereocenters. The molecule has 0 aliphatic carbocycles. The maximum atomic E-state index is 13.7. The monoisotopic (exact) mass is 543 g/mol. The minimum atomic E-state index is -4.17. The quantitative estimate of drug-likeness (QED) is 0.282. The molecular weight excluding hydrogens is 512 g/mol. The lowest BCUT2D eigenvalue weighted by Crippen LogP contribution is -2.36. The molecule has 2 heterocycles. The zero-order valence-corrected chi connectivity index (χ0v) is 21.8. The van der Waals surface area contributed by atoms with Gasteiger partial charge in [0.25, 0.3) is 5.56 Å². The number of esters is 1. The highest BCUT2D eigenvalue weighted by Crippen LogP contribution is 2.46. The average molecular weight is 543 g/mol. The Morgan fingerprint density at radius 3 is 2.68 bits per heavy atom. The summed E-state index contributed by atoms with van der Waals surface area (Å²) >= 11 is 0. The molecule has 1 aliphatic heterocycles. The first kappa shape index (κ1) is 28.9. The lowest BCUT2D eigenvalue weighted by molar-refractivity contribution is -0.149. The summed E-state index contributed by atoms with van der Waals surface area (Å²) in [6.45, 7) is 6.07. The number of halogens is 1. The molecule has 5 unspecified atom stereocenters. The van der Waals surface area contributed by atoms with Crippen molar-refractivity contribution in [3.63, 3.8) is 0 Å². The molecule has 12 nitrogen and oxygen atoms in total. The van der Waals surface area contributed by atoms with Gasteiger partial charge in [-0.15, -0.1) is 0 Å². The molecule has 1 aromatic carbocycles. The minimum Gasteiger partial charge on any atom is -0.462 e. The molecule has 1 aliphatic rings. The molecule has 1 aromatic heterocycles. The van der Waals surface area contributed by atoms with Crippen molar-refractivity contribution in [1.29, 1.82) is 0 Å². The number of H-pyrrole nitrogens is 1. The second kappa shape index (κ2) is 12.2. The second-order valence-corrected chi connectivity index (χ2v) is 10.7. The molecule has 1 fully saturated rings. The van der Waals surface area contributed by atoms with Crippen LogP contribution in [-0.4, -0.2) is 51.6 Å². The summed E-state index contributed by atoms with van der Waals surface area (Å²) < 4.78 is 50.0. The Morgan fingerprint density at radius 1 is 1.30 bits per heavy atom. The summed E-state index contributed by atoms with van der Waals surface area (Å²) in [4.78, 5) is 37.4. The minimum absolute atomic E-state index is 0.106. The maximum Gasteiger partial charge on any atom is 0.406 e. The summed E-state index contributed by atoms with van der Waals surface area (Å²) in [6.07, 6.45) is -3.21. The molecule has 0 amide bonds. The van der Waals surface area contributed by atoms with Gasteiger partial charge < -0.3 is 14.6 Å². The van der Waals surface area contributed by atoms with Crippen LogP contribution in [0.15, 0.2) is 40.1 Å². The first-order valence-electron chi connectivity index (χ1n) is 11.6. The van der Waals surface area contributed by atoms with Crippen LogP contribution in [-0.2, 0) is 34.5 Å². The number of aromatic nitrogens is 2. The number of aryl methyl sites for hydroxylation is 1. The van der Waals surface area contributed by atoms with E-state index in [2.05, 4.69) is 5.09 Å². The fraction of sp³-hybridized carbons (Fsp3) is 0.522. The molecule has 37 heavy (non-hydrogen) atoms. The fourth-order valence-electron chi connectivity index (χ4n) is 3.54. The maximum absolute atomic E-state index is 13.7. The number of nitrogens with one attached hydrogen (secondary N) is 2. The number of carbonyl (C=O) groups is 1. The number of ether oxygens (including phenoxy) is 2. The van der Waals surface area contributed by atoms with Gasteiger partial charge in [0.2, 0.25) is 5.82 Å². The number of carbonyl (C=O) groups excluding carboxylic acids is 1. The van der Waals surface area contributed by atoms with E-state index >= 15 is 0 Å². The molecule has 204 valence electrons. The van der Waals surface area contributed by atoms with Gasteiger partial charge >= 0.3 is 19.4 Å². The van der Waals surface area contributed by atoms with Gasteiger partial charge in [-0.1, -0.05) is 24.3 Å². The van der Waals surface area contributed by atoms with Crippen molar-refractivity contribution in [3.8, 4) is 0 Å². The number of benzene rings is 1. The second-order valence-electron chi connectivity index (χ2n) is 8.91. The van der Waals surface area contributed by atoms with Crippen molar-refractivity contribution in [1.82, 2.24) is 14.6 Å². The molecule has 1 saturated heterocycles. The molecule has 0 spiro atoms. The van der Waals surface area contributed by atoms with Crippen LogP contribution in [0.2, 0.25) is 0 Å². The fourth-order valence-corrected chi connectivity index (χ4v) is 5.00. The van der Waals surface area contributed by atoms with E-state index in [1.54, 1.807) is 26.0 Å². The van der Waals surface area contributed by atoms with Crippen LogP contribution in [0.3, 0.4) is 0 Å². The number of aromatic amines is 1. The van der Waals surface area contributed by atoms with Crippen LogP contribution in [0.1, 0.15) is 44.5 Å². The van der Waals surface area contributed by atoms with Gasteiger partial charge in [-0.05, 0) is 38.8 Å². The van der Waals surface area contributed by atoms with E-state index < -0.39 is 68.0 Å². The highest BCUT2D eigenvalue weighted by molar-refractivity contribution is 7.51. The topological polar surface area (TPSA) is 158 Å². The number of hydrogen-bond donors (Lipinski definition) is 3. The molecule has 0 bridgehead atoms. The molecule has 14 heteroatoms.